The lowest BCUT2D eigenvalue weighted by Crippen LogP contribution is -2.30. The summed E-state index contributed by atoms with van der Waals surface area (Å²) in [5.41, 5.74) is 2.38. The molecule has 0 unspecified atom stereocenters. The summed E-state index contributed by atoms with van der Waals surface area (Å²) in [5.74, 6) is 0.170. The standard InChI is InChI=1S/C18H21FN2O2/c19-14-3-1-2-13-16-9-20-10-21(16)15(18(13)14)8-17(23)11-4-6-12(22)7-5-11/h1-3,9-12,14,17,22-23H,4-8H2/t11?,12?,14-,17-/m1/s1. The van der Waals surface area contributed by atoms with Crippen LogP contribution in [0.1, 0.15) is 43.1 Å². The first kappa shape index (κ1) is 14.8. The van der Waals surface area contributed by atoms with Crippen molar-refractivity contribution in [3.8, 4) is 0 Å². The van der Waals surface area contributed by atoms with Gasteiger partial charge in [0, 0.05) is 22.9 Å². The second kappa shape index (κ2) is 5.73. The van der Waals surface area contributed by atoms with E-state index in [-0.39, 0.29) is 12.0 Å². The number of nitrogens with zero attached hydrogens (tertiary/aromatic N) is 2. The van der Waals surface area contributed by atoms with Crippen LogP contribution in [0.3, 0.4) is 0 Å². The summed E-state index contributed by atoms with van der Waals surface area (Å²) in [6.07, 6.45) is 10.3. The molecule has 2 aromatic heterocycles. The van der Waals surface area contributed by atoms with Crippen LogP contribution in [-0.4, -0.2) is 31.8 Å². The highest BCUT2D eigenvalue weighted by molar-refractivity contribution is 5.63. The summed E-state index contributed by atoms with van der Waals surface area (Å²) >= 11 is 0. The number of hydrogen-bond donors (Lipinski definition) is 2. The first-order valence-electron chi connectivity index (χ1n) is 8.30. The van der Waals surface area contributed by atoms with Crippen molar-refractivity contribution in [3.05, 3.63) is 41.2 Å². The van der Waals surface area contributed by atoms with Crippen molar-refractivity contribution in [2.45, 2.75) is 50.5 Å². The van der Waals surface area contributed by atoms with Crippen LogP contribution in [0.5, 0.6) is 0 Å². The average Bonchev–Trinajstić information content (AvgIpc) is 3.12. The van der Waals surface area contributed by atoms with Crippen molar-refractivity contribution in [2.75, 3.05) is 0 Å². The maximum absolute atomic E-state index is 14.4. The van der Waals surface area contributed by atoms with Gasteiger partial charge in [0.05, 0.1) is 30.2 Å². The molecule has 23 heavy (non-hydrogen) atoms. The molecule has 5 heteroatoms. The third kappa shape index (κ3) is 2.48. The molecule has 2 aliphatic carbocycles. The summed E-state index contributed by atoms with van der Waals surface area (Å²) in [5, 5.41) is 21.1. The Balaban J connectivity index is 1.67. The molecule has 2 aliphatic rings. The van der Waals surface area contributed by atoms with Gasteiger partial charge < -0.3 is 14.6 Å². The number of rotatable bonds is 3. The van der Waals surface area contributed by atoms with E-state index < -0.39 is 12.3 Å². The molecule has 0 radical (unpaired) electrons. The van der Waals surface area contributed by atoms with E-state index in [0.717, 1.165) is 42.1 Å². The molecule has 0 aliphatic heterocycles. The first-order valence-corrected chi connectivity index (χ1v) is 8.30. The maximum atomic E-state index is 14.4. The van der Waals surface area contributed by atoms with Crippen molar-refractivity contribution in [1.29, 1.82) is 0 Å². The molecule has 1 saturated carbocycles. The van der Waals surface area contributed by atoms with Crippen LogP contribution in [0.4, 0.5) is 4.39 Å². The molecule has 0 amide bonds. The highest BCUT2D eigenvalue weighted by atomic mass is 19.1. The van der Waals surface area contributed by atoms with Crippen LogP contribution in [0.25, 0.3) is 11.6 Å². The van der Waals surface area contributed by atoms with Crippen LogP contribution in [0.15, 0.2) is 24.7 Å². The number of alkyl halides is 1. The number of imidazole rings is 1. The van der Waals surface area contributed by atoms with Gasteiger partial charge >= 0.3 is 0 Å². The van der Waals surface area contributed by atoms with E-state index in [1.807, 2.05) is 10.5 Å². The Kier molecular flexibility index (Phi) is 3.70. The number of hydrogen-bond acceptors (Lipinski definition) is 3. The third-order valence-electron chi connectivity index (χ3n) is 5.31. The van der Waals surface area contributed by atoms with E-state index in [1.165, 1.54) is 0 Å². The SMILES string of the molecule is OC1CCC([C@H](O)Cc2c3c(c4cncn24)=CC=C[C@H]3F)CC1. The van der Waals surface area contributed by atoms with E-state index in [4.69, 9.17) is 0 Å². The number of aromatic nitrogens is 2. The topological polar surface area (TPSA) is 57.8 Å². The van der Waals surface area contributed by atoms with Crippen LogP contribution < -0.4 is 5.22 Å². The first-order chi connectivity index (χ1) is 11.1. The van der Waals surface area contributed by atoms with Crippen LogP contribution in [0.2, 0.25) is 0 Å². The number of halogens is 1. The van der Waals surface area contributed by atoms with Crippen LogP contribution >= 0.6 is 0 Å². The van der Waals surface area contributed by atoms with Gasteiger partial charge in [-0.1, -0.05) is 12.2 Å². The minimum atomic E-state index is -1.13. The van der Waals surface area contributed by atoms with E-state index in [2.05, 4.69) is 4.98 Å². The second-order valence-corrected chi connectivity index (χ2v) is 6.72. The van der Waals surface area contributed by atoms with Gasteiger partial charge in [-0.25, -0.2) is 9.37 Å². The monoisotopic (exact) mass is 316 g/mol. The largest absolute Gasteiger partial charge is 0.393 e. The van der Waals surface area contributed by atoms with Crippen molar-refractivity contribution in [2.24, 2.45) is 5.92 Å². The van der Waals surface area contributed by atoms with Crippen molar-refractivity contribution >= 4 is 11.6 Å². The molecule has 2 heterocycles. The zero-order chi connectivity index (χ0) is 16.0. The minimum Gasteiger partial charge on any atom is -0.393 e. The van der Waals surface area contributed by atoms with Gasteiger partial charge in [-0.05, 0) is 37.7 Å². The van der Waals surface area contributed by atoms with Crippen molar-refractivity contribution in [3.63, 3.8) is 0 Å². The average molecular weight is 316 g/mol. The lowest BCUT2D eigenvalue weighted by atomic mass is 9.82. The van der Waals surface area contributed by atoms with E-state index >= 15 is 0 Å². The lowest BCUT2D eigenvalue weighted by Gasteiger charge is -2.29. The molecule has 4 rings (SSSR count). The molecule has 1 fully saturated rings. The van der Waals surface area contributed by atoms with Gasteiger partial charge in [0.15, 0.2) is 0 Å². The van der Waals surface area contributed by atoms with Gasteiger partial charge in [0.25, 0.3) is 0 Å². The zero-order valence-electron chi connectivity index (χ0n) is 12.9. The van der Waals surface area contributed by atoms with E-state index in [1.54, 1.807) is 24.7 Å². The zero-order valence-corrected chi connectivity index (χ0v) is 12.9. The molecular formula is C18H21FN2O2. The molecule has 2 atom stereocenters. The van der Waals surface area contributed by atoms with Crippen molar-refractivity contribution in [1.82, 2.24) is 9.38 Å². The van der Waals surface area contributed by atoms with Crippen LogP contribution in [-0.2, 0) is 6.42 Å². The molecule has 2 aromatic rings. The second-order valence-electron chi connectivity index (χ2n) is 6.72. The Morgan fingerprint density at radius 1 is 1.30 bits per heavy atom. The fraction of sp³-hybridized carbons (Fsp3) is 0.500. The van der Waals surface area contributed by atoms with Gasteiger partial charge in [0.1, 0.15) is 6.17 Å². The number of allylic oxidation sites excluding steroid dienone is 2. The molecule has 0 aromatic carbocycles. The number of fused-ring (bicyclic) bond motifs is 3. The highest BCUT2D eigenvalue weighted by Crippen LogP contribution is 2.31. The summed E-state index contributed by atoms with van der Waals surface area (Å²) < 4.78 is 16.3. The third-order valence-corrected chi connectivity index (χ3v) is 5.31. The Morgan fingerprint density at radius 3 is 2.87 bits per heavy atom. The van der Waals surface area contributed by atoms with Crippen molar-refractivity contribution < 1.29 is 14.6 Å². The normalized spacial score (nSPS) is 28.6. The summed E-state index contributed by atoms with van der Waals surface area (Å²) in [6, 6.07) is 0. The van der Waals surface area contributed by atoms with Gasteiger partial charge in [-0.2, -0.15) is 0 Å². The predicted octanol–water partition coefficient (Wildman–Crippen LogP) is 1.87. The lowest BCUT2D eigenvalue weighted by molar-refractivity contribution is 0.0416. The van der Waals surface area contributed by atoms with Crippen LogP contribution in [0, 0.1) is 5.92 Å². The molecule has 2 N–H and O–H groups in total. The highest BCUT2D eigenvalue weighted by Gasteiger charge is 2.29. The van der Waals surface area contributed by atoms with Gasteiger partial charge in [-0.3, -0.25) is 0 Å². The number of aliphatic hydroxyl groups excluding tert-OH is 2. The Morgan fingerprint density at radius 2 is 2.09 bits per heavy atom. The summed E-state index contributed by atoms with van der Waals surface area (Å²) in [6.45, 7) is 0. The van der Waals surface area contributed by atoms with Gasteiger partial charge in [-0.15, -0.1) is 0 Å². The fourth-order valence-corrected chi connectivity index (χ4v) is 4.02. The molecule has 0 spiro atoms. The minimum absolute atomic E-state index is 0.170. The molecule has 4 nitrogen and oxygen atoms in total. The number of aliphatic hydroxyl groups is 2. The Bertz CT molecular complexity index is 790. The summed E-state index contributed by atoms with van der Waals surface area (Å²) in [4.78, 5) is 4.17. The smallest absolute Gasteiger partial charge is 0.146 e. The molecule has 0 saturated heterocycles. The summed E-state index contributed by atoms with van der Waals surface area (Å²) in [7, 11) is 0. The Hall–Kier alpha value is -1.72. The van der Waals surface area contributed by atoms with Gasteiger partial charge in [0.2, 0.25) is 0 Å². The predicted molar refractivity (Wildman–Crippen MR) is 85.5 cm³/mol. The van der Waals surface area contributed by atoms with E-state index in [9.17, 15) is 14.6 Å². The quantitative estimate of drug-likeness (QED) is 0.909. The molecule has 0 bridgehead atoms. The molecular weight excluding hydrogens is 295 g/mol. The van der Waals surface area contributed by atoms with E-state index in [0.29, 0.717) is 12.0 Å². The fourth-order valence-electron chi connectivity index (χ4n) is 4.02. The maximum Gasteiger partial charge on any atom is 0.146 e. The Labute approximate surface area is 134 Å². The molecule has 122 valence electrons.